The lowest BCUT2D eigenvalue weighted by atomic mass is 9.97. The topological polar surface area (TPSA) is 81.8 Å². The monoisotopic (exact) mass is 353 g/mol. The molecule has 2 heterocycles. The molecule has 0 aliphatic rings. The summed E-state index contributed by atoms with van der Waals surface area (Å²) in [6, 6.07) is 7.83. The Bertz CT molecular complexity index is 989. The molecular formula is C19H23N5O2. The molecule has 3 aromatic rings. The van der Waals surface area contributed by atoms with Gasteiger partial charge in [-0.15, -0.1) is 0 Å². The Morgan fingerprint density at radius 3 is 2.85 bits per heavy atom. The summed E-state index contributed by atoms with van der Waals surface area (Å²) in [6.07, 6.45) is 4.16. The van der Waals surface area contributed by atoms with Crippen LogP contribution in [0.2, 0.25) is 0 Å². The average Bonchev–Trinajstić information content (AvgIpc) is 3.03. The number of rotatable bonds is 6. The smallest absolute Gasteiger partial charge is 0.264 e. The summed E-state index contributed by atoms with van der Waals surface area (Å²) in [7, 11) is 1.74. The van der Waals surface area contributed by atoms with E-state index >= 15 is 0 Å². The standard InChI is InChI=1S/C19H23N5O2/c1-4-13(2)14-7-5-6-8-16(14)22-17(25)9-10-24-12-20-18-15(19(24)26)11-21-23(18)3/h5-8,11-13H,4,9-10H2,1-3H3,(H,22,25)/t13-/m1/s1. The van der Waals surface area contributed by atoms with Crippen molar-refractivity contribution in [2.75, 3.05) is 5.32 Å². The number of aryl methyl sites for hydroxylation is 2. The van der Waals surface area contributed by atoms with E-state index < -0.39 is 0 Å². The zero-order valence-corrected chi connectivity index (χ0v) is 15.3. The van der Waals surface area contributed by atoms with Crippen molar-refractivity contribution in [1.82, 2.24) is 19.3 Å². The molecule has 0 radical (unpaired) electrons. The molecule has 136 valence electrons. The number of nitrogens with zero attached hydrogens (tertiary/aromatic N) is 4. The molecule has 3 rings (SSSR count). The number of amides is 1. The molecule has 0 aliphatic heterocycles. The number of para-hydroxylation sites is 1. The number of hydrogen-bond donors (Lipinski definition) is 1. The largest absolute Gasteiger partial charge is 0.326 e. The van der Waals surface area contributed by atoms with Crippen molar-refractivity contribution in [3.05, 3.63) is 52.7 Å². The van der Waals surface area contributed by atoms with Crippen molar-refractivity contribution in [2.24, 2.45) is 7.05 Å². The minimum absolute atomic E-state index is 0.126. The van der Waals surface area contributed by atoms with Gasteiger partial charge in [-0.25, -0.2) is 4.98 Å². The highest BCUT2D eigenvalue weighted by molar-refractivity contribution is 5.91. The fourth-order valence-corrected chi connectivity index (χ4v) is 2.92. The number of nitrogens with one attached hydrogen (secondary N) is 1. The van der Waals surface area contributed by atoms with Crippen LogP contribution in [0.1, 0.15) is 38.2 Å². The first-order valence-corrected chi connectivity index (χ1v) is 8.77. The summed E-state index contributed by atoms with van der Waals surface area (Å²) in [5.41, 5.74) is 2.31. The Balaban J connectivity index is 1.70. The highest BCUT2D eigenvalue weighted by Gasteiger charge is 2.12. The Labute approximate surface area is 151 Å². The quantitative estimate of drug-likeness (QED) is 0.739. The number of benzene rings is 1. The average molecular weight is 353 g/mol. The van der Waals surface area contributed by atoms with E-state index in [1.54, 1.807) is 11.7 Å². The maximum Gasteiger partial charge on any atom is 0.264 e. The van der Waals surface area contributed by atoms with Gasteiger partial charge in [-0.05, 0) is 24.0 Å². The molecule has 1 aromatic carbocycles. The maximum atomic E-state index is 12.4. The molecule has 1 N–H and O–H groups in total. The second kappa shape index (κ2) is 7.51. The molecule has 7 nitrogen and oxygen atoms in total. The molecule has 0 saturated carbocycles. The number of anilines is 1. The van der Waals surface area contributed by atoms with Crippen LogP contribution in [-0.2, 0) is 18.4 Å². The lowest BCUT2D eigenvalue weighted by Gasteiger charge is -2.15. The molecule has 0 unspecified atom stereocenters. The van der Waals surface area contributed by atoms with Crippen LogP contribution >= 0.6 is 0 Å². The van der Waals surface area contributed by atoms with E-state index in [2.05, 4.69) is 29.2 Å². The van der Waals surface area contributed by atoms with Gasteiger partial charge in [0.05, 0.1) is 12.5 Å². The van der Waals surface area contributed by atoms with Crippen LogP contribution in [0.5, 0.6) is 0 Å². The zero-order valence-electron chi connectivity index (χ0n) is 15.3. The summed E-state index contributed by atoms with van der Waals surface area (Å²) in [5.74, 6) is 0.241. The van der Waals surface area contributed by atoms with Crippen LogP contribution in [0.25, 0.3) is 11.0 Å². The number of aromatic nitrogens is 4. The van der Waals surface area contributed by atoms with Gasteiger partial charge in [0.15, 0.2) is 5.65 Å². The van der Waals surface area contributed by atoms with E-state index in [1.165, 1.54) is 17.1 Å². The Morgan fingerprint density at radius 1 is 1.31 bits per heavy atom. The molecule has 0 spiro atoms. The van der Waals surface area contributed by atoms with Gasteiger partial charge in [0.1, 0.15) is 5.39 Å². The second-order valence-electron chi connectivity index (χ2n) is 6.44. The molecule has 0 bridgehead atoms. The molecule has 2 aromatic heterocycles. The Hall–Kier alpha value is -2.96. The van der Waals surface area contributed by atoms with Gasteiger partial charge < -0.3 is 5.32 Å². The highest BCUT2D eigenvalue weighted by Crippen LogP contribution is 2.26. The van der Waals surface area contributed by atoms with Gasteiger partial charge in [-0.1, -0.05) is 32.0 Å². The third-order valence-corrected chi connectivity index (χ3v) is 4.68. The normalized spacial score (nSPS) is 12.3. The third-order valence-electron chi connectivity index (χ3n) is 4.68. The highest BCUT2D eigenvalue weighted by atomic mass is 16.2. The summed E-state index contributed by atoms with van der Waals surface area (Å²) in [5, 5.41) is 7.47. The predicted octanol–water partition coefficient (Wildman–Crippen LogP) is 2.67. The second-order valence-corrected chi connectivity index (χ2v) is 6.44. The summed E-state index contributed by atoms with van der Waals surface area (Å²) in [4.78, 5) is 29.0. The molecule has 0 aliphatic carbocycles. The van der Waals surface area contributed by atoms with E-state index in [9.17, 15) is 9.59 Å². The first kappa shape index (κ1) is 17.8. The fourth-order valence-electron chi connectivity index (χ4n) is 2.92. The molecular weight excluding hydrogens is 330 g/mol. The van der Waals surface area contributed by atoms with Gasteiger partial charge in [0.25, 0.3) is 5.56 Å². The van der Waals surface area contributed by atoms with Gasteiger partial charge in [-0.3, -0.25) is 18.8 Å². The molecule has 7 heteroatoms. The first-order chi connectivity index (χ1) is 12.5. The van der Waals surface area contributed by atoms with Crippen molar-refractivity contribution in [2.45, 2.75) is 39.2 Å². The van der Waals surface area contributed by atoms with E-state index in [-0.39, 0.29) is 24.4 Å². The number of carbonyl (C=O) groups excluding carboxylic acids is 1. The summed E-state index contributed by atoms with van der Waals surface area (Å²) in [6.45, 7) is 4.53. The van der Waals surface area contributed by atoms with Gasteiger partial charge >= 0.3 is 0 Å². The van der Waals surface area contributed by atoms with Gasteiger partial charge in [0, 0.05) is 25.7 Å². The van der Waals surface area contributed by atoms with Crippen molar-refractivity contribution < 1.29 is 4.79 Å². The van der Waals surface area contributed by atoms with Crippen LogP contribution < -0.4 is 10.9 Å². The lowest BCUT2D eigenvalue weighted by Crippen LogP contribution is -2.23. The SMILES string of the molecule is CC[C@@H](C)c1ccccc1NC(=O)CCn1cnc2c(cnn2C)c1=O. The van der Waals surface area contributed by atoms with Gasteiger partial charge in [-0.2, -0.15) is 5.10 Å². The molecule has 1 amide bonds. The van der Waals surface area contributed by atoms with Crippen LogP contribution in [0.3, 0.4) is 0 Å². The maximum absolute atomic E-state index is 12.4. The lowest BCUT2D eigenvalue weighted by molar-refractivity contribution is -0.116. The van der Waals surface area contributed by atoms with Crippen molar-refractivity contribution >= 4 is 22.6 Å². The predicted molar refractivity (Wildman–Crippen MR) is 101 cm³/mol. The van der Waals surface area contributed by atoms with Crippen LogP contribution in [-0.4, -0.2) is 25.2 Å². The Morgan fingerprint density at radius 2 is 2.08 bits per heavy atom. The third kappa shape index (κ3) is 3.51. The summed E-state index contributed by atoms with van der Waals surface area (Å²) < 4.78 is 3.00. The molecule has 0 fully saturated rings. The minimum Gasteiger partial charge on any atom is -0.326 e. The zero-order chi connectivity index (χ0) is 18.7. The minimum atomic E-state index is -0.184. The van der Waals surface area contributed by atoms with Crippen molar-refractivity contribution in [3.63, 3.8) is 0 Å². The van der Waals surface area contributed by atoms with E-state index in [4.69, 9.17) is 0 Å². The number of fused-ring (bicyclic) bond motifs is 1. The Kier molecular flexibility index (Phi) is 5.16. The molecule has 1 atom stereocenters. The number of hydrogen-bond acceptors (Lipinski definition) is 4. The van der Waals surface area contributed by atoms with E-state index in [0.717, 1.165) is 17.7 Å². The number of carbonyl (C=O) groups is 1. The summed E-state index contributed by atoms with van der Waals surface area (Å²) >= 11 is 0. The van der Waals surface area contributed by atoms with E-state index in [1.807, 2.05) is 24.3 Å². The first-order valence-electron chi connectivity index (χ1n) is 8.77. The van der Waals surface area contributed by atoms with Crippen LogP contribution in [0.15, 0.2) is 41.6 Å². The van der Waals surface area contributed by atoms with Crippen LogP contribution in [0, 0.1) is 0 Å². The van der Waals surface area contributed by atoms with Gasteiger partial charge in [0.2, 0.25) is 5.91 Å². The van der Waals surface area contributed by atoms with Crippen molar-refractivity contribution in [3.8, 4) is 0 Å². The van der Waals surface area contributed by atoms with Crippen molar-refractivity contribution in [1.29, 1.82) is 0 Å². The molecule has 0 saturated heterocycles. The fraction of sp³-hybridized carbons (Fsp3) is 0.368. The van der Waals surface area contributed by atoms with E-state index in [0.29, 0.717) is 17.0 Å². The molecule has 26 heavy (non-hydrogen) atoms. The van der Waals surface area contributed by atoms with Crippen LogP contribution in [0.4, 0.5) is 5.69 Å².